The molecule has 1 aromatic carbocycles. The summed E-state index contributed by atoms with van der Waals surface area (Å²) < 4.78 is 0. The van der Waals surface area contributed by atoms with Crippen LogP contribution in [0.1, 0.15) is 70.3 Å². The molecule has 0 bridgehead atoms. The number of aliphatic hydroxyl groups is 1. The van der Waals surface area contributed by atoms with Gasteiger partial charge in [0.15, 0.2) is 5.78 Å². The average molecular weight is 420 g/mol. The molecule has 0 radical (unpaired) electrons. The maximum absolute atomic E-state index is 12.7. The molecule has 0 amide bonds. The van der Waals surface area contributed by atoms with E-state index in [4.69, 9.17) is 0 Å². The highest BCUT2D eigenvalue weighted by Crippen LogP contribution is 2.66. The van der Waals surface area contributed by atoms with Crippen LogP contribution in [0.15, 0.2) is 47.1 Å². The summed E-state index contributed by atoms with van der Waals surface area (Å²) in [6.45, 7) is 3.72. The Balaban J connectivity index is 1.66. The molecular formula is C27H33NO3. The summed E-state index contributed by atoms with van der Waals surface area (Å²) in [5, 5.41) is 14.8. The molecule has 0 saturated heterocycles. The number of carbonyl (C=O) groups excluding carboxylic acids is 2. The fourth-order valence-electron chi connectivity index (χ4n) is 7.36. The molecule has 0 aliphatic heterocycles. The van der Waals surface area contributed by atoms with Crippen molar-refractivity contribution in [3.05, 3.63) is 52.6 Å². The number of hydrogen-bond acceptors (Lipinski definition) is 4. The van der Waals surface area contributed by atoms with E-state index in [2.05, 4.69) is 42.6 Å². The first-order valence-electron chi connectivity index (χ1n) is 11.7. The first-order chi connectivity index (χ1) is 14.8. The van der Waals surface area contributed by atoms with Gasteiger partial charge in [-0.15, -0.1) is 0 Å². The van der Waals surface area contributed by atoms with Crippen LogP contribution in [0.4, 0.5) is 5.69 Å². The Morgan fingerprint density at radius 3 is 2.61 bits per heavy atom. The first-order valence-corrected chi connectivity index (χ1v) is 11.7. The molecule has 0 spiro atoms. The number of benzene rings is 1. The molecule has 4 nitrogen and oxygen atoms in total. The fraction of sp³-hybridized carbons (Fsp3) is 0.556. The molecule has 1 aromatic rings. The van der Waals surface area contributed by atoms with Crippen LogP contribution >= 0.6 is 0 Å². The molecule has 5 atom stereocenters. The van der Waals surface area contributed by atoms with Gasteiger partial charge in [0.2, 0.25) is 0 Å². The second kappa shape index (κ2) is 7.16. The topological polar surface area (TPSA) is 66.4 Å². The van der Waals surface area contributed by atoms with Crippen LogP contribution in [0, 0.1) is 17.3 Å². The van der Waals surface area contributed by atoms with Gasteiger partial charge in [-0.05, 0) is 79.7 Å². The van der Waals surface area contributed by atoms with Gasteiger partial charge < -0.3 is 10.4 Å². The lowest BCUT2D eigenvalue weighted by Crippen LogP contribution is -2.54. The highest BCUT2D eigenvalue weighted by molar-refractivity contribution is 5.87. The Morgan fingerprint density at radius 1 is 1.19 bits per heavy atom. The average Bonchev–Trinajstić information content (AvgIpc) is 3.04. The number of ketones is 2. The number of rotatable bonds is 3. The normalized spacial score (nSPS) is 37.0. The molecule has 4 aliphatic rings. The van der Waals surface area contributed by atoms with E-state index < -0.39 is 11.0 Å². The molecule has 0 heterocycles. The predicted octanol–water partition coefficient (Wildman–Crippen LogP) is 4.95. The molecule has 2 N–H and O–H groups in total. The van der Waals surface area contributed by atoms with E-state index in [-0.39, 0.29) is 11.7 Å². The smallest absolute Gasteiger partial charge is 0.161 e. The van der Waals surface area contributed by atoms with Crippen LogP contribution in [0.25, 0.3) is 0 Å². The number of anilines is 1. The van der Waals surface area contributed by atoms with Gasteiger partial charge in [0, 0.05) is 36.9 Å². The van der Waals surface area contributed by atoms with E-state index in [1.165, 1.54) is 22.3 Å². The lowest BCUT2D eigenvalue weighted by molar-refractivity contribution is -0.152. The van der Waals surface area contributed by atoms with Crippen LogP contribution in [0.3, 0.4) is 0 Å². The minimum Gasteiger partial charge on any atom is -0.388 e. The Hall–Kier alpha value is -2.20. The molecule has 3 unspecified atom stereocenters. The highest BCUT2D eigenvalue weighted by atomic mass is 16.3. The van der Waals surface area contributed by atoms with Gasteiger partial charge in [0.1, 0.15) is 11.4 Å². The predicted molar refractivity (Wildman–Crippen MR) is 122 cm³/mol. The third-order valence-corrected chi connectivity index (χ3v) is 9.05. The first kappa shape index (κ1) is 20.7. The van der Waals surface area contributed by atoms with Gasteiger partial charge in [-0.1, -0.05) is 30.7 Å². The second-order valence-electron chi connectivity index (χ2n) is 10.3. The number of fused-ring (bicyclic) bond motifs is 4. The zero-order chi connectivity index (χ0) is 22.0. The molecule has 164 valence electrons. The third kappa shape index (κ3) is 2.91. The van der Waals surface area contributed by atoms with Crippen molar-refractivity contribution in [2.75, 3.05) is 12.4 Å². The number of hydrogen-bond donors (Lipinski definition) is 2. The van der Waals surface area contributed by atoms with Crippen LogP contribution in [-0.4, -0.2) is 29.3 Å². The molecule has 0 aromatic heterocycles. The van der Waals surface area contributed by atoms with Crippen LogP contribution in [0.5, 0.6) is 0 Å². The summed E-state index contributed by atoms with van der Waals surface area (Å²) in [4.78, 5) is 24.8. The van der Waals surface area contributed by atoms with Crippen molar-refractivity contribution in [2.45, 2.75) is 70.3 Å². The van der Waals surface area contributed by atoms with Crippen molar-refractivity contribution < 1.29 is 14.7 Å². The fourth-order valence-corrected chi connectivity index (χ4v) is 7.36. The summed E-state index contributed by atoms with van der Waals surface area (Å²) >= 11 is 0. The number of Topliss-reactive ketones (excluding diaryl/α,β-unsaturated/α-hetero) is 2. The monoisotopic (exact) mass is 419 g/mol. The van der Waals surface area contributed by atoms with Gasteiger partial charge in [-0.2, -0.15) is 0 Å². The SMILES string of the molecule is CNc1ccc(C2C[C@@]3(C)C(CC[C@]3(O)C(C)=O)C3CC=C4CC(=O)CCC4=C23)cc1. The van der Waals surface area contributed by atoms with Crippen molar-refractivity contribution >= 4 is 17.3 Å². The number of carbonyl (C=O) groups is 2. The maximum Gasteiger partial charge on any atom is 0.161 e. The summed E-state index contributed by atoms with van der Waals surface area (Å²) in [7, 11) is 1.92. The van der Waals surface area contributed by atoms with Crippen molar-refractivity contribution in [3.63, 3.8) is 0 Å². The van der Waals surface area contributed by atoms with E-state index in [0.717, 1.165) is 31.4 Å². The number of allylic oxidation sites excluding steroid dienone is 4. The summed E-state index contributed by atoms with van der Waals surface area (Å²) in [6, 6.07) is 8.61. The van der Waals surface area contributed by atoms with Gasteiger partial charge in [0.05, 0.1) is 0 Å². The van der Waals surface area contributed by atoms with Crippen molar-refractivity contribution in [2.24, 2.45) is 17.3 Å². The summed E-state index contributed by atoms with van der Waals surface area (Å²) in [6.07, 6.45) is 7.47. The van der Waals surface area contributed by atoms with Crippen LogP contribution < -0.4 is 5.32 Å². The Morgan fingerprint density at radius 2 is 1.94 bits per heavy atom. The van der Waals surface area contributed by atoms with Crippen molar-refractivity contribution in [1.82, 2.24) is 0 Å². The summed E-state index contributed by atoms with van der Waals surface area (Å²) in [5.41, 5.74) is 4.78. The molecule has 4 aliphatic carbocycles. The lowest BCUT2D eigenvalue weighted by atomic mass is 9.51. The lowest BCUT2D eigenvalue weighted by Gasteiger charge is -2.53. The van der Waals surface area contributed by atoms with Crippen molar-refractivity contribution in [1.29, 1.82) is 0 Å². The molecule has 5 rings (SSSR count). The van der Waals surface area contributed by atoms with E-state index >= 15 is 0 Å². The minimum atomic E-state index is -1.25. The summed E-state index contributed by atoms with van der Waals surface area (Å²) in [5.74, 6) is 1.07. The largest absolute Gasteiger partial charge is 0.388 e. The van der Waals surface area contributed by atoms with Crippen LogP contribution in [0.2, 0.25) is 0 Å². The second-order valence-corrected chi connectivity index (χ2v) is 10.3. The maximum atomic E-state index is 12.7. The molecule has 3 saturated carbocycles. The third-order valence-electron chi connectivity index (χ3n) is 9.05. The Kier molecular flexibility index (Phi) is 4.78. The van der Waals surface area contributed by atoms with E-state index in [1.54, 1.807) is 6.92 Å². The van der Waals surface area contributed by atoms with Gasteiger partial charge in [-0.25, -0.2) is 0 Å². The molecule has 4 heteroatoms. The van der Waals surface area contributed by atoms with Gasteiger partial charge in [0.25, 0.3) is 0 Å². The highest BCUT2D eigenvalue weighted by Gasteiger charge is 2.64. The Labute approximate surface area is 184 Å². The number of nitrogens with one attached hydrogen (secondary N) is 1. The van der Waals surface area contributed by atoms with E-state index in [0.29, 0.717) is 36.9 Å². The molecule has 3 fully saturated rings. The Bertz CT molecular complexity index is 1000. The van der Waals surface area contributed by atoms with E-state index in [1.807, 2.05) is 7.05 Å². The van der Waals surface area contributed by atoms with Gasteiger partial charge in [-0.3, -0.25) is 9.59 Å². The van der Waals surface area contributed by atoms with Crippen molar-refractivity contribution in [3.8, 4) is 0 Å². The molecular weight excluding hydrogens is 386 g/mol. The zero-order valence-electron chi connectivity index (χ0n) is 18.8. The quantitative estimate of drug-likeness (QED) is 0.728. The van der Waals surface area contributed by atoms with Gasteiger partial charge >= 0.3 is 0 Å². The van der Waals surface area contributed by atoms with Crippen LogP contribution in [-0.2, 0) is 9.59 Å². The van der Waals surface area contributed by atoms with E-state index in [9.17, 15) is 14.7 Å². The minimum absolute atomic E-state index is 0.0896. The molecule has 31 heavy (non-hydrogen) atoms. The standard InChI is InChI=1S/C27H33NO3/c1-16(29)27(31)13-12-24-22-10-6-18-14-20(30)9-11-21(18)25(22)23(15-26(24,27)2)17-4-7-19(28-3)8-5-17/h4-8,22-24,28,31H,9-15H2,1-3H3/t22?,23?,24?,26-,27-/m0/s1. The zero-order valence-corrected chi connectivity index (χ0v) is 18.8.